The fourth-order valence-electron chi connectivity index (χ4n) is 2.67. The summed E-state index contributed by atoms with van der Waals surface area (Å²) in [7, 11) is 0. The van der Waals surface area contributed by atoms with Crippen molar-refractivity contribution in [1.82, 2.24) is 14.7 Å². The quantitative estimate of drug-likeness (QED) is 0.300. The van der Waals surface area contributed by atoms with Crippen molar-refractivity contribution in [1.29, 1.82) is 5.41 Å². The smallest absolute Gasteiger partial charge is 0.385 e. The first kappa shape index (κ1) is 22.3. The monoisotopic (exact) mass is 451 g/mol. The molecular weight excluding hydrogens is 433 g/mol. The second-order valence-corrected chi connectivity index (χ2v) is 7.48. The summed E-state index contributed by atoms with van der Waals surface area (Å²) in [5, 5.41) is 27.1. The normalized spacial score (nSPS) is 11.4. The van der Waals surface area contributed by atoms with E-state index in [0.29, 0.717) is 28.2 Å². The molecule has 0 aliphatic heterocycles. The highest BCUT2D eigenvalue weighted by molar-refractivity contribution is 8.26. The first-order valence-electron chi connectivity index (χ1n) is 8.84. The number of nitrogens with one attached hydrogen (secondary N) is 3. The lowest BCUT2D eigenvalue weighted by Crippen LogP contribution is -2.40. The lowest BCUT2D eigenvalue weighted by atomic mass is 10.1. The van der Waals surface area contributed by atoms with Gasteiger partial charge in [0.1, 0.15) is 23.8 Å². The number of carbonyl (C=O) groups is 1. The van der Waals surface area contributed by atoms with Gasteiger partial charge in [0.25, 0.3) is 0 Å². The van der Waals surface area contributed by atoms with E-state index in [0.717, 1.165) is 11.8 Å². The van der Waals surface area contributed by atoms with Crippen LogP contribution in [0.4, 0.5) is 23.7 Å². The number of nitrogens with zero attached hydrogens (tertiary/aromatic N) is 2. The molecule has 0 fully saturated rings. The lowest BCUT2D eigenvalue weighted by Gasteiger charge is -2.11. The Morgan fingerprint density at radius 2 is 2.06 bits per heavy atom. The van der Waals surface area contributed by atoms with Crippen LogP contribution in [0, 0.1) is 5.41 Å². The number of carbonyl (C=O) groups excluding carboxylic acids is 1. The van der Waals surface area contributed by atoms with E-state index in [1.165, 1.54) is 0 Å². The van der Waals surface area contributed by atoms with E-state index in [4.69, 9.17) is 15.9 Å². The van der Waals surface area contributed by atoms with Crippen LogP contribution in [0.15, 0.2) is 48.8 Å². The van der Waals surface area contributed by atoms with Gasteiger partial charge in [-0.25, -0.2) is 9.78 Å². The molecule has 12 heteroatoms. The van der Waals surface area contributed by atoms with Gasteiger partial charge in [-0.1, -0.05) is 12.1 Å². The number of hydrogen-bond donors (Lipinski definition) is 5. The van der Waals surface area contributed by atoms with E-state index >= 15 is 0 Å². The molecule has 0 unspecified atom stereocenters. The molecule has 2 aromatic heterocycles. The number of aliphatic hydroxyl groups excluding tert-OH is 1. The molecule has 1 aromatic carbocycles. The van der Waals surface area contributed by atoms with Crippen LogP contribution in [0.1, 0.15) is 5.56 Å². The number of fused-ring (bicyclic) bond motifs is 1. The SMILES string of the molecule is N=C(SC(=[NH2+])CO)c1ccn2c(-c3cccc(NC(=O)NCC(F)(F)F)c3)cnc2c1. The Morgan fingerprint density at radius 3 is 2.77 bits per heavy atom. The summed E-state index contributed by atoms with van der Waals surface area (Å²) in [6.07, 6.45) is -1.18. The summed E-state index contributed by atoms with van der Waals surface area (Å²) in [5.74, 6) is 0. The van der Waals surface area contributed by atoms with Crippen LogP contribution in [0.2, 0.25) is 0 Å². The Bertz CT molecular complexity index is 1150. The molecule has 6 N–H and O–H groups in total. The predicted octanol–water partition coefficient (Wildman–Crippen LogP) is 1.89. The molecule has 3 aromatic rings. The number of rotatable bonds is 5. The van der Waals surface area contributed by atoms with Gasteiger partial charge in [-0.05, 0) is 36.0 Å². The maximum Gasteiger partial charge on any atom is 0.405 e. The average molecular weight is 451 g/mol. The number of anilines is 1. The number of aliphatic hydroxyl groups is 1. The van der Waals surface area contributed by atoms with Gasteiger partial charge in [0.05, 0.1) is 11.9 Å². The molecular formula is C19H18F3N6O2S+. The highest BCUT2D eigenvalue weighted by Gasteiger charge is 2.27. The van der Waals surface area contributed by atoms with Crippen LogP contribution < -0.4 is 16.0 Å². The topological polar surface area (TPSA) is 128 Å². The van der Waals surface area contributed by atoms with Crippen molar-refractivity contribution in [2.45, 2.75) is 6.18 Å². The molecule has 2 amide bonds. The number of thioether (sulfide) groups is 1. The molecule has 3 rings (SSSR count). The van der Waals surface area contributed by atoms with E-state index in [1.807, 2.05) is 0 Å². The molecule has 0 radical (unpaired) electrons. The zero-order chi connectivity index (χ0) is 22.6. The van der Waals surface area contributed by atoms with Crippen LogP contribution in [0.25, 0.3) is 16.9 Å². The molecule has 162 valence electrons. The summed E-state index contributed by atoms with van der Waals surface area (Å²) in [6.45, 7) is -1.76. The fraction of sp³-hybridized carbons (Fsp3) is 0.158. The number of hydrogen-bond acceptors (Lipinski definition) is 5. The molecule has 0 saturated heterocycles. The van der Waals surface area contributed by atoms with Gasteiger partial charge in [-0.2, -0.15) is 13.2 Å². The van der Waals surface area contributed by atoms with Crippen molar-refractivity contribution in [3.8, 4) is 11.3 Å². The highest BCUT2D eigenvalue weighted by Crippen LogP contribution is 2.25. The van der Waals surface area contributed by atoms with E-state index in [2.05, 4.69) is 10.3 Å². The third-order valence-electron chi connectivity index (χ3n) is 4.03. The van der Waals surface area contributed by atoms with Crippen LogP contribution in [-0.2, 0) is 0 Å². The number of urea groups is 1. The third-order valence-corrected chi connectivity index (χ3v) is 4.86. The molecule has 0 aliphatic rings. The van der Waals surface area contributed by atoms with Crippen molar-refractivity contribution in [3.63, 3.8) is 0 Å². The second-order valence-electron chi connectivity index (χ2n) is 6.35. The maximum absolute atomic E-state index is 12.2. The molecule has 8 nitrogen and oxygen atoms in total. The Hall–Kier alpha value is -3.38. The number of nitrogens with two attached hydrogens (primary N) is 1. The predicted molar refractivity (Wildman–Crippen MR) is 112 cm³/mol. The minimum absolute atomic E-state index is 0.162. The minimum atomic E-state index is -4.49. The van der Waals surface area contributed by atoms with E-state index in [1.54, 1.807) is 58.5 Å². The van der Waals surface area contributed by atoms with Crippen molar-refractivity contribution in [3.05, 3.63) is 54.4 Å². The molecule has 0 atom stereocenters. The Balaban J connectivity index is 1.79. The zero-order valence-corrected chi connectivity index (χ0v) is 16.7. The highest BCUT2D eigenvalue weighted by atomic mass is 32.2. The van der Waals surface area contributed by atoms with Crippen molar-refractivity contribution < 1.29 is 28.5 Å². The van der Waals surface area contributed by atoms with Crippen molar-refractivity contribution in [2.75, 3.05) is 18.5 Å². The van der Waals surface area contributed by atoms with Crippen molar-refractivity contribution in [2.24, 2.45) is 0 Å². The van der Waals surface area contributed by atoms with Crippen LogP contribution >= 0.6 is 11.8 Å². The second kappa shape index (κ2) is 9.18. The van der Waals surface area contributed by atoms with Gasteiger partial charge >= 0.3 is 12.2 Å². The minimum Gasteiger partial charge on any atom is -0.385 e. The fourth-order valence-corrected chi connectivity index (χ4v) is 3.24. The first-order valence-corrected chi connectivity index (χ1v) is 9.66. The Morgan fingerprint density at radius 1 is 1.29 bits per heavy atom. The first-order chi connectivity index (χ1) is 14.7. The number of benzene rings is 1. The molecule has 0 spiro atoms. The number of aromatic nitrogens is 2. The van der Waals surface area contributed by atoms with E-state index < -0.39 is 18.8 Å². The van der Waals surface area contributed by atoms with Crippen LogP contribution in [0.5, 0.6) is 0 Å². The molecule has 31 heavy (non-hydrogen) atoms. The number of pyridine rings is 1. The number of halogens is 3. The van der Waals surface area contributed by atoms with E-state index in [-0.39, 0.29) is 16.7 Å². The summed E-state index contributed by atoms with van der Waals surface area (Å²) < 4.78 is 38.4. The standard InChI is InChI=1S/C19H17F3N6O2S/c20-19(21,22)10-26-18(30)27-13-3-1-2-11(6-13)14-8-25-16-7-12(4-5-28(14)16)17(24)31-15(23)9-29/h1-8,23-24,29H,9-10H2,(H2,26,27,30)/p+1. The summed E-state index contributed by atoms with van der Waals surface area (Å²) >= 11 is 0.952. The summed E-state index contributed by atoms with van der Waals surface area (Å²) in [5.41, 5.74) is 2.80. The Kier molecular flexibility index (Phi) is 6.61. The molecule has 0 saturated carbocycles. The Labute approximate surface area is 178 Å². The van der Waals surface area contributed by atoms with Gasteiger partial charge in [-0.15, -0.1) is 0 Å². The zero-order valence-electron chi connectivity index (χ0n) is 15.9. The third kappa shape index (κ3) is 5.83. The van der Waals surface area contributed by atoms with Crippen LogP contribution in [0.3, 0.4) is 0 Å². The molecule has 0 bridgehead atoms. The van der Waals surface area contributed by atoms with Crippen molar-refractivity contribution >= 4 is 39.2 Å². The molecule has 0 aliphatic carbocycles. The average Bonchev–Trinajstić information content (AvgIpc) is 3.15. The number of alkyl halides is 3. The number of imidazole rings is 1. The largest absolute Gasteiger partial charge is 0.405 e. The lowest BCUT2D eigenvalue weighted by molar-refractivity contribution is -0.122. The van der Waals surface area contributed by atoms with Gasteiger partial charge in [0.2, 0.25) is 5.04 Å². The van der Waals surface area contributed by atoms with Crippen LogP contribution in [-0.4, -0.2) is 49.9 Å². The van der Waals surface area contributed by atoms with E-state index in [9.17, 15) is 18.0 Å². The maximum atomic E-state index is 12.2. The summed E-state index contributed by atoms with van der Waals surface area (Å²) in [6, 6.07) is 9.01. The molecule has 2 heterocycles. The van der Waals surface area contributed by atoms with Gasteiger partial charge < -0.3 is 15.7 Å². The number of amides is 2. The van der Waals surface area contributed by atoms with Gasteiger partial charge in [0, 0.05) is 23.0 Å². The summed E-state index contributed by atoms with van der Waals surface area (Å²) in [4.78, 5) is 16.0. The van der Waals surface area contributed by atoms with Gasteiger partial charge in [0.15, 0.2) is 0 Å². The van der Waals surface area contributed by atoms with Gasteiger partial charge in [-0.3, -0.25) is 15.2 Å².